The van der Waals surface area contributed by atoms with E-state index < -0.39 is 6.04 Å². The second kappa shape index (κ2) is 9.17. The number of nitrogens with one attached hydrogen (secondary N) is 1. The molecule has 4 nitrogen and oxygen atoms in total. The van der Waals surface area contributed by atoms with Crippen molar-refractivity contribution in [2.24, 2.45) is 0 Å². The summed E-state index contributed by atoms with van der Waals surface area (Å²) in [5, 5.41) is 13.4. The summed E-state index contributed by atoms with van der Waals surface area (Å²) < 4.78 is 0. The number of carbonyl (C=O) groups excluding carboxylic acids is 1. The summed E-state index contributed by atoms with van der Waals surface area (Å²) in [7, 11) is 0. The van der Waals surface area contributed by atoms with E-state index in [4.69, 9.17) is 0 Å². The minimum Gasteiger partial charge on any atom is -0.394 e. The third-order valence-electron chi connectivity index (χ3n) is 3.93. The Balaban J connectivity index is 1.59. The van der Waals surface area contributed by atoms with Gasteiger partial charge in [0, 0.05) is 17.5 Å². The van der Waals surface area contributed by atoms with Crippen molar-refractivity contribution < 1.29 is 9.90 Å². The molecule has 1 atom stereocenters. The van der Waals surface area contributed by atoms with E-state index in [1.807, 2.05) is 72.8 Å². The first kappa shape index (κ1) is 18.2. The van der Waals surface area contributed by atoms with Crippen molar-refractivity contribution >= 4 is 17.7 Å². The molecular formula is C21H20N2O2S. The molecule has 0 aliphatic heterocycles. The molecule has 1 heterocycles. The van der Waals surface area contributed by atoms with Gasteiger partial charge in [0.15, 0.2) is 0 Å². The lowest BCUT2D eigenvalue weighted by atomic mass is 10.1. The van der Waals surface area contributed by atoms with E-state index in [1.54, 1.807) is 18.0 Å². The van der Waals surface area contributed by atoms with E-state index in [1.165, 1.54) is 0 Å². The van der Waals surface area contributed by atoms with Crippen molar-refractivity contribution in [1.82, 2.24) is 10.3 Å². The van der Waals surface area contributed by atoms with Gasteiger partial charge < -0.3 is 10.4 Å². The zero-order valence-electron chi connectivity index (χ0n) is 14.2. The lowest BCUT2D eigenvalue weighted by Crippen LogP contribution is -2.30. The summed E-state index contributed by atoms with van der Waals surface area (Å²) in [5.74, 6) is 0.596. The Kier molecular flexibility index (Phi) is 6.41. The SMILES string of the molecule is O=C(N[C@@H](CO)c1ccccc1)c1ccc(CSc2ccccn2)cc1. The van der Waals surface area contributed by atoms with E-state index in [-0.39, 0.29) is 12.5 Å². The molecule has 0 saturated carbocycles. The van der Waals surface area contributed by atoms with Crippen LogP contribution in [0.5, 0.6) is 0 Å². The highest BCUT2D eigenvalue weighted by Gasteiger charge is 2.14. The van der Waals surface area contributed by atoms with Crippen LogP contribution in [-0.4, -0.2) is 22.6 Å². The lowest BCUT2D eigenvalue weighted by Gasteiger charge is -2.16. The molecule has 1 aromatic heterocycles. The monoisotopic (exact) mass is 364 g/mol. The summed E-state index contributed by atoms with van der Waals surface area (Å²) in [6, 6.07) is 22.4. The van der Waals surface area contributed by atoms with E-state index in [2.05, 4.69) is 10.3 Å². The van der Waals surface area contributed by atoms with Crippen molar-refractivity contribution in [3.8, 4) is 0 Å². The normalized spacial score (nSPS) is 11.7. The van der Waals surface area contributed by atoms with Gasteiger partial charge in [0.05, 0.1) is 17.7 Å². The van der Waals surface area contributed by atoms with E-state index in [0.29, 0.717) is 5.56 Å². The van der Waals surface area contributed by atoms with Gasteiger partial charge >= 0.3 is 0 Å². The van der Waals surface area contributed by atoms with E-state index >= 15 is 0 Å². The standard InChI is InChI=1S/C21H20N2O2S/c24-14-19(17-6-2-1-3-7-17)23-21(25)18-11-9-16(10-12-18)15-26-20-8-4-5-13-22-20/h1-13,19,24H,14-15H2,(H,23,25)/t19-/m0/s1. The van der Waals surface area contributed by atoms with Gasteiger partial charge in [0.2, 0.25) is 0 Å². The third-order valence-corrected chi connectivity index (χ3v) is 4.95. The number of thioether (sulfide) groups is 1. The number of pyridine rings is 1. The van der Waals surface area contributed by atoms with Crippen molar-refractivity contribution in [1.29, 1.82) is 0 Å². The van der Waals surface area contributed by atoms with Gasteiger partial charge in [0.1, 0.15) is 0 Å². The molecule has 0 bridgehead atoms. The lowest BCUT2D eigenvalue weighted by molar-refractivity contribution is 0.0916. The van der Waals surface area contributed by atoms with Gasteiger partial charge in [-0.3, -0.25) is 4.79 Å². The molecule has 2 N–H and O–H groups in total. The van der Waals surface area contributed by atoms with E-state index in [9.17, 15) is 9.90 Å². The van der Waals surface area contributed by atoms with Crippen LogP contribution in [0.1, 0.15) is 27.5 Å². The molecular weight excluding hydrogens is 344 g/mol. The maximum atomic E-state index is 12.4. The summed E-state index contributed by atoms with van der Waals surface area (Å²) >= 11 is 1.65. The molecule has 0 spiro atoms. The van der Waals surface area contributed by atoms with Crippen molar-refractivity contribution in [3.05, 3.63) is 95.7 Å². The van der Waals surface area contributed by atoms with Crippen molar-refractivity contribution in [3.63, 3.8) is 0 Å². The minimum atomic E-state index is -0.414. The first-order chi connectivity index (χ1) is 12.8. The number of hydrogen-bond acceptors (Lipinski definition) is 4. The van der Waals surface area contributed by atoms with E-state index in [0.717, 1.165) is 21.9 Å². The number of aliphatic hydroxyl groups is 1. The second-order valence-electron chi connectivity index (χ2n) is 5.77. The molecule has 0 aliphatic rings. The van der Waals surface area contributed by atoms with Gasteiger partial charge in [-0.2, -0.15) is 0 Å². The van der Waals surface area contributed by atoms with Crippen LogP contribution in [0, 0.1) is 0 Å². The average molecular weight is 364 g/mol. The Morgan fingerprint density at radius 2 is 1.73 bits per heavy atom. The summed E-state index contributed by atoms with van der Waals surface area (Å²) in [5.41, 5.74) is 2.58. The smallest absolute Gasteiger partial charge is 0.251 e. The molecule has 0 radical (unpaired) electrons. The summed E-state index contributed by atoms with van der Waals surface area (Å²) in [6.45, 7) is -0.144. The van der Waals surface area contributed by atoms with Crippen LogP contribution in [0.15, 0.2) is 84.0 Å². The first-order valence-corrected chi connectivity index (χ1v) is 9.34. The Morgan fingerprint density at radius 1 is 1.00 bits per heavy atom. The van der Waals surface area contributed by atoms with Crippen LogP contribution in [0.3, 0.4) is 0 Å². The number of aliphatic hydroxyl groups excluding tert-OH is 1. The van der Waals surface area contributed by atoms with Crippen LogP contribution in [-0.2, 0) is 5.75 Å². The van der Waals surface area contributed by atoms with Gasteiger partial charge in [-0.25, -0.2) is 4.98 Å². The zero-order chi connectivity index (χ0) is 18.2. The highest BCUT2D eigenvalue weighted by molar-refractivity contribution is 7.98. The second-order valence-corrected chi connectivity index (χ2v) is 6.77. The topological polar surface area (TPSA) is 62.2 Å². The molecule has 26 heavy (non-hydrogen) atoms. The number of rotatable bonds is 7. The molecule has 2 aromatic carbocycles. The highest BCUT2D eigenvalue weighted by Crippen LogP contribution is 2.20. The van der Waals surface area contributed by atoms with Crippen molar-refractivity contribution in [2.75, 3.05) is 6.61 Å². The fourth-order valence-corrected chi connectivity index (χ4v) is 3.32. The van der Waals surface area contributed by atoms with Crippen LogP contribution in [0.4, 0.5) is 0 Å². The van der Waals surface area contributed by atoms with Crippen LogP contribution < -0.4 is 5.32 Å². The molecule has 3 aromatic rings. The molecule has 0 unspecified atom stereocenters. The Hall–Kier alpha value is -2.63. The quantitative estimate of drug-likeness (QED) is 0.626. The number of aromatic nitrogens is 1. The number of amides is 1. The van der Waals surface area contributed by atoms with Gasteiger partial charge in [-0.05, 0) is 35.4 Å². The summed E-state index contributed by atoms with van der Waals surface area (Å²) in [4.78, 5) is 16.7. The molecule has 1 amide bonds. The van der Waals surface area contributed by atoms with Gasteiger partial charge in [-0.1, -0.05) is 48.5 Å². The maximum Gasteiger partial charge on any atom is 0.251 e. The predicted molar refractivity (Wildman–Crippen MR) is 104 cm³/mol. The molecule has 0 aliphatic carbocycles. The largest absolute Gasteiger partial charge is 0.394 e. The Bertz CT molecular complexity index is 824. The summed E-state index contributed by atoms with van der Waals surface area (Å²) in [6.07, 6.45) is 1.78. The fraction of sp³-hybridized carbons (Fsp3) is 0.143. The highest BCUT2D eigenvalue weighted by atomic mass is 32.2. The molecule has 0 saturated heterocycles. The van der Waals surface area contributed by atoms with Crippen LogP contribution in [0.25, 0.3) is 0 Å². The van der Waals surface area contributed by atoms with Gasteiger partial charge in [0.25, 0.3) is 5.91 Å². The Morgan fingerprint density at radius 3 is 2.38 bits per heavy atom. The van der Waals surface area contributed by atoms with Crippen molar-refractivity contribution in [2.45, 2.75) is 16.8 Å². The number of benzene rings is 2. The molecule has 3 rings (SSSR count). The average Bonchev–Trinajstić information content (AvgIpc) is 2.72. The minimum absolute atomic E-state index is 0.144. The molecule has 0 fully saturated rings. The number of hydrogen-bond donors (Lipinski definition) is 2. The maximum absolute atomic E-state index is 12.4. The van der Waals surface area contributed by atoms with Crippen LogP contribution >= 0.6 is 11.8 Å². The van der Waals surface area contributed by atoms with Gasteiger partial charge in [-0.15, -0.1) is 11.8 Å². The number of nitrogens with zero attached hydrogens (tertiary/aromatic N) is 1. The van der Waals surface area contributed by atoms with Crippen LogP contribution in [0.2, 0.25) is 0 Å². The zero-order valence-corrected chi connectivity index (χ0v) is 15.0. The third kappa shape index (κ3) is 4.94. The number of carbonyl (C=O) groups is 1. The fourth-order valence-electron chi connectivity index (χ4n) is 2.50. The predicted octanol–water partition coefficient (Wildman–Crippen LogP) is 3.84. The molecule has 5 heteroatoms. The Labute approximate surface area is 157 Å². The first-order valence-electron chi connectivity index (χ1n) is 8.35. The molecule has 132 valence electrons.